The quantitative estimate of drug-likeness (QED) is 0.654. The molecule has 1 amide bonds. The van der Waals surface area contributed by atoms with E-state index in [1.807, 2.05) is 6.92 Å². The van der Waals surface area contributed by atoms with Gasteiger partial charge in [-0.2, -0.15) is 0 Å². The number of hydrogen-bond donors (Lipinski definition) is 2. The number of rotatable bonds is 5. The summed E-state index contributed by atoms with van der Waals surface area (Å²) in [5.74, 6) is 0.232. The van der Waals surface area contributed by atoms with Crippen molar-refractivity contribution in [2.24, 2.45) is 0 Å². The normalized spacial score (nSPS) is 23.9. The fourth-order valence-electron chi connectivity index (χ4n) is 1.79. The fourth-order valence-corrected chi connectivity index (χ4v) is 3.43. The van der Waals surface area contributed by atoms with Gasteiger partial charge in [0.15, 0.2) is 9.84 Å². The molecule has 1 aliphatic heterocycles. The van der Waals surface area contributed by atoms with Crippen LogP contribution in [0.2, 0.25) is 0 Å². The molecule has 1 saturated heterocycles. The Morgan fingerprint density at radius 1 is 1.44 bits per heavy atom. The van der Waals surface area contributed by atoms with Gasteiger partial charge in [0.25, 0.3) is 0 Å². The van der Waals surface area contributed by atoms with Crippen LogP contribution >= 0.6 is 0 Å². The maximum Gasteiger partial charge on any atom is 0.234 e. The van der Waals surface area contributed by atoms with E-state index in [1.165, 1.54) is 0 Å². The van der Waals surface area contributed by atoms with Crippen molar-refractivity contribution in [3.8, 4) is 0 Å². The van der Waals surface area contributed by atoms with Gasteiger partial charge < -0.3 is 10.6 Å². The first kappa shape index (κ1) is 13.4. The standard InChI is InChI=1S/C10H20N2O3S/c1-2-5-11-7-10(13)12-9-4-3-6-16(14,15)8-9/h9,11H,2-8H2,1H3,(H,12,13). The molecule has 1 unspecified atom stereocenters. The highest BCUT2D eigenvalue weighted by molar-refractivity contribution is 7.91. The number of amides is 1. The molecule has 94 valence electrons. The summed E-state index contributed by atoms with van der Waals surface area (Å²) in [7, 11) is -2.94. The zero-order chi connectivity index (χ0) is 12.0. The first-order valence-corrected chi connectivity index (χ1v) is 7.56. The molecule has 6 heteroatoms. The van der Waals surface area contributed by atoms with Crippen molar-refractivity contribution in [1.29, 1.82) is 0 Å². The number of nitrogens with one attached hydrogen (secondary N) is 2. The van der Waals surface area contributed by atoms with E-state index in [2.05, 4.69) is 10.6 Å². The van der Waals surface area contributed by atoms with Crippen LogP contribution in [0.25, 0.3) is 0 Å². The van der Waals surface area contributed by atoms with Gasteiger partial charge in [0.05, 0.1) is 18.1 Å². The summed E-state index contributed by atoms with van der Waals surface area (Å²) in [6, 6.07) is -0.199. The lowest BCUT2D eigenvalue weighted by Crippen LogP contribution is -2.46. The van der Waals surface area contributed by atoms with Gasteiger partial charge in [0.2, 0.25) is 5.91 Å². The fraction of sp³-hybridized carbons (Fsp3) is 0.900. The minimum Gasteiger partial charge on any atom is -0.351 e. The van der Waals surface area contributed by atoms with Crippen LogP contribution in [0.4, 0.5) is 0 Å². The molecule has 16 heavy (non-hydrogen) atoms. The molecule has 0 radical (unpaired) electrons. The Bertz CT molecular complexity index is 327. The van der Waals surface area contributed by atoms with Crippen molar-refractivity contribution >= 4 is 15.7 Å². The van der Waals surface area contributed by atoms with Crippen LogP contribution in [-0.2, 0) is 14.6 Å². The first-order chi connectivity index (χ1) is 7.53. The molecule has 2 N–H and O–H groups in total. The van der Waals surface area contributed by atoms with Crippen molar-refractivity contribution in [1.82, 2.24) is 10.6 Å². The van der Waals surface area contributed by atoms with E-state index in [4.69, 9.17) is 0 Å². The van der Waals surface area contributed by atoms with E-state index < -0.39 is 9.84 Å². The van der Waals surface area contributed by atoms with Crippen LogP contribution in [0.15, 0.2) is 0 Å². The predicted molar refractivity (Wildman–Crippen MR) is 63.0 cm³/mol. The van der Waals surface area contributed by atoms with Gasteiger partial charge in [-0.1, -0.05) is 6.92 Å². The summed E-state index contributed by atoms with van der Waals surface area (Å²) in [6.45, 7) is 3.10. The second-order valence-electron chi connectivity index (χ2n) is 4.20. The largest absolute Gasteiger partial charge is 0.351 e. The lowest BCUT2D eigenvalue weighted by atomic mass is 10.2. The molecule has 0 spiro atoms. The van der Waals surface area contributed by atoms with E-state index in [1.54, 1.807) is 0 Å². The molecule has 0 aromatic rings. The molecule has 0 aromatic heterocycles. The maximum atomic E-state index is 11.4. The number of carbonyl (C=O) groups excluding carboxylic acids is 1. The Kier molecular flexibility index (Phi) is 5.21. The highest BCUT2D eigenvalue weighted by Crippen LogP contribution is 2.11. The number of hydrogen-bond acceptors (Lipinski definition) is 4. The van der Waals surface area contributed by atoms with E-state index in [9.17, 15) is 13.2 Å². The molecule has 0 aromatic carbocycles. The first-order valence-electron chi connectivity index (χ1n) is 5.74. The second kappa shape index (κ2) is 6.20. The number of sulfone groups is 1. The van der Waals surface area contributed by atoms with Gasteiger partial charge in [0.1, 0.15) is 0 Å². The highest BCUT2D eigenvalue weighted by Gasteiger charge is 2.25. The SMILES string of the molecule is CCCNCC(=O)NC1CCCS(=O)(=O)C1. The minimum absolute atomic E-state index is 0.0898. The third-order valence-corrected chi connectivity index (χ3v) is 4.36. The van der Waals surface area contributed by atoms with Crippen molar-refractivity contribution in [3.05, 3.63) is 0 Å². The summed E-state index contributed by atoms with van der Waals surface area (Å²) in [4.78, 5) is 11.4. The van der Waals surface area contributed by atoms with Crippen LogP contribution in [0.3, 0.4) is 0 Å². The van der Waals surface area contributed by atoms with Gasteiger partial charge in [-0.05, 0) is 25.8 Å². The molecule has 5 nitrogen and oxygen atoms in total. The van der Waals surface area contributed by atoms with E-state index in [-0.39, 0.29) is 30.0 Å². The summed E-state index contributed by atoms with van der Waals surface area (Å²) in [5.41, 5.74) is 0. The average Bonchev–Trinajstić information content (AvgIpc) is 2.16. The maximum absolute atomic E-state index is 11.4. The van der Waals surface area contributed by atoms with Crippen molar-refractivity contribution in [3.63, 3.8) is 0 Å². The lowest BCUT2D eigenvalue weighted by molar-refractivity contribution is -0.120. The van der Waals surface area contributed by atoms with E-state index >= 15 is 0 Å². The summed E-state index contributed by atoms with van der Waals surface area (Å²) in [5, 5.41) is 5.74. The molecular formula is C10H20N2O3S. The Labute approximate surface area is 96.9 Å². The average molecular weight is 248 g/mol. The van der Waals surface area contributed by atoms with Gasteiger partial charge >= 0.3 is 0 Å². The minimum atomic E-state index is -2.94. The Hall–Kier alpha value is -0.620. The monoisotopic (exact) mass is 248 g/mol. The zero-order valence-corrected chi connectivity index (χ0v) is 10.5. The third kappa shape index (κ3) is 4.94. The smallest absolute Gasteiger partial charge is 0.234 e. The molecule has 1 rings (SSSR count). The van der Waals surface area contributed by atoms with Gasteiger partial charge in [-0.3, -0.25) is 4.79 Å². The zero-order valence-electron chi connectivity index (χ0n) is 9.66. The van der Waals surface area contributed by atoms with Crippen LogP contribution in [-0.4, -0.2) is 45.0 Å². The molecule has 0 aliphatic carbocycles. The van der Waals surface area contributed by atoms with Crippen LogP contribution in [0, 0.1) is 0 Å². The number of carbonyl (C=O) groups is 1. The van der Waals surface area contributed by atoms with E-state index in [0.717, 1.165) is 19.4 Å². The molecule has 0 bridgehead atoms. The van der Waals surface area contributed by atoms with Crippen LogP contribution in [0.1, 0.15) is 26.2 Å². The van der Waals surface area contributed by atoms with Gasteiger partial charge in [-0.25, -0.2) is 8.42 Å². The molecule has 0 saturated carbocycles. The molecule has 1 fully saturated rings. The lowest BCUT2D eigenvalue weighted by Gasteiger charge is -2.23. The molecule has 1 aliphatic rings. The van der Waals surface area contributed by atoms with Crippen molar-refractivity contribution in [2.75, 3.05) is 24.6 Å². The van der Waals surface area contributed by atoms with Gasteiger partial charge in [-0.15, -0.1) is 0 Å². The summed E-state index contributed by atoms with van der Waals surface area (Å²) in [6.07, 6.45) is 2.39. The van der Waals surface area contributed by atoms with Crippen molar-refractivity contribution < 1.29 is 13.2 Å². The van der Waals surface area contributed by atoms with Crippen LogP contribution < -0.4 is 10.6 Å². The topological polar surface area (TPSA) is 75.3 Å². The van der Waals surface area contributed by atoms with Gasteiger partial charge in [0, 0.05) is 6.04 Å². The Morgan fingerprint density at radius 2 is 2.19 bits per heavy atom. The predicted octanol–water partition coefficient (Wildman–Crippen LogP) is -0.321. The summed E-state index contributed by atoms with van der Waals surface area (Å²) >= 11 is 0. The third-order valence-electron chi connectivity index (χ3n) is 2.54. The summed E-state index contributed by atoms with van der Waals surface area (Å²) < 4.78 is 22.7. The second-order valence-corrected chi connectivity index (χ2v) is 6.43. The molecule has 1 heterocycles. The highest BCUT2D eigenvalue weighted by atomic mass is 32.2. The Morgan fingerprint density at radius 3 is 2.81 bits per heavy atom. The molecular weight excluding hydrogens is 228 g/mol. The van der Waals surface area contributed by atoms with Crippen LogP contribution in [0.5, 0.6) is 0 Å². The van der Waals surface area contributed by atoms with E-state index in [0.29, 0.717) is 6.42 Å². The molecule has 1 atom stereocenters. The Balaban J connectivity index is 2.28. The van der Waals surface area contributed by atoms with Crippen molar-refractivity contribution in [2.45, 2.75) is 32.2 Å².